The molecule has 0 aliphatic carbocycles. The fourth-order valence-electron chi connectivity index (χ4n) is 4.15. The molecule has 1 aliphatic rings. The number of rotatable bonds is 5. The Kier molecular flexibility index (Phi) is 5.69. The number of hydrogen-bond acceptors (Lipinski definition) is 4. The van der Waals surface area contributed by atoms with Gasteiger partial charge in [-0.25, -0.2) is 18.3 Å². The van der Waals surface area contributed by atoms with Gasteiger partial charge in [-0.15, -0.1) is 0 Å². The Morgan fingerprint density at radius 3 is 2.59 bits per heavy atom. The summed E-state index contributed by atoms with van der Waals surface area (Å²) in [6, 6.07) is 9.96. The third-order valence-corrected chi connectivity index (χ3v) is 6.53. The summed E-state index contributed by atoms with van der Waals surface area (Å²) >= 11 is 6.31. The Balaban J connectivity index is 1.35. The molecule has 34 heavy (non-hydrogen) atoms. The Morgan fingerprint density at radius 1 is 1.09 bits per heavy atom. The largest absolute Gasteiger partial charge is 0.492 e. The molecule has 0 saturated heterocycles. The molecule has 0 atom stereocenters. The molecule has 0 bridgehead atoms. The molecule has 0 unspecified atom stereocenters. The van der Waals surface area contributed by atoms with Crippen molar-refractivity contribution >= 4 is 23.2 Å². The maximum atomic E-state index is 14.0. The third kappa shape index (κ3) is 3.98. The van der Waals surface area contributed by atoms with E-state index < -0.39 is 5.82 Å². The number of hydrogen-bond donors (Lipinski definition) is 0. The normalized spacial score (nSPS) is 12.9. The van der Waals surface area contributed by atoms with E-state index in [0.717, 1.165) is 22.5 Å². The highest BCUT2D eigenvalue weighted by Gasteiger charge is 2.31. The van der Waals surface area contributed by atoms with E-state index >= 15 is 0 Å². The summed E-state index contributed by atoms with van der Waals surface area (Å²) in [5.74, 6) is -0.925. The molecule has 6 nitrogen and oxygen atoms in total. The molecule has 5 rings (SSSR count). The van der Waals surface area contributed by atoms with Crippen LogP contribution in [0.4, 0.5) is 8.78 Å². The van der Waals surface area contributed by atoms with Crippen molar-refractivity contribution in [2.24, 2.45) is 0 Å². The van der Waals surface area contributed by atoms with Crippen LogP contribution in [-0.4, -0.2) is 32.0 Å². The van der Waals surface area contributed by atoms with Gasteiger partial charge in [0, 0.05) is 18.1 Å². The van der Waals surface area contributed by atoms with Crippen LogP contribution in [0.3, 0.4) is 0 Å². The Labute approximate surface area is 199 Å². The summed E-state index contributed by atoms with van der Waals surface area (Å²) in [5.41, 5.74) is 4.96. The minimum Gasteiger partial charge on any atom is -0.492 e. The first-order valence-corrected chi connectivity index (χ1v) is 11.2. The van der Waals surface area contributed by atoms with Gasteiger partial charge in [0.2, 0.25) is 0 Å². The number of aromatic nitrogens is 3. The van der Waals surface area contributed by atoms with Gasteiger partial charge in [0.1, 0.15) is 17.4 Å². The van der Waals surface area contributed by atoms with Crippen LogP contribution < -0.4 is 4.74 Å². The Morgan fingerprint density at radius 2 is 1.82 bits per heavy atom. The fourth-order valence-corrected chi connectivity index (χ4v) is 4.27. The lowest BCUT2D eigenvalue weighted by molar-refractivity contribution is 0.0745. The van der Waals surface area contributed by atoms with Gasteiger partial charge >= 0.3 is 0 Å². The predicted octanol–water partition coefficient (Wildman–Crippen LogP) is 5.06. The first kappa shape index (κ1) is 22.3. The van der Waals surface area contributed by atoms with E-state index in [1.165, 1.54) is 30.3 Å². The van der Waals surface area contributed by atoms with Gasteiger partial charge in [0.25, 0.3) is 5.91 Å². The maximum absolute atomic E-state index is 14.0. The van der Waals surface area contributed by atoms with Gasteiger partial charge in [0.05, 0.1) is 47.4 Å². The van der Waals surface area contributed by atoms with Crippen LogP contribution in [-0.2, 0) is 19.5 Å². The highest BCUT2D eigenvalue weighted by Crippen LogP contribution is 2.31. The zero-order valence-electron chi connectivity index (χ0n) is 18.6. The van der Waals surface area contributed by atoms with Crippen LogP contribution >= 0.6 is 11.6 Å². The van der Waals surface area contributed by atoms with E-state index in [1.807, 2.05) is 13.8 Å². The van der Waals surface area contributed by atoms with Gasteiger partial charge in [0.15, 0.2) is 5.65 Å². The lowest BCUT2D eigenvalue weighted by Crippen LogP contribution is -2.26. The molecule has 2 aromatic heterocycles. The maximum Gasteiger partial charge on any atom is 0.258 e. The van der Waals surface area contributed by atoms with E-state index in [1.54, 1.807) is 21.5 Å². The molecular weight excluding hydrogens is 462 g/mol. The van der Waals surface area contributed by atoms with Crippen molar-refractivity contribution in [3.05, 3.63) is 92.9 Å². The van der Waals surface area contributed by atoms with E-state index in [-0.39, 0.29) is 29.6 Å². The molecule has 1 aliphatic heterocycles. The molecule has 0 saturated carbocycles. The summed E-state index contributed by atoms with van der Waals surface area (Å²) in [6.07, 6.45) is 0.490. The minimum absolute atomic E-state index is 0.169. The average Bonchev–Trinajstić information content (AvgIpc) is 3.38. The molecule has 4 aromatic rings. The number of ether oxygens (including phenoxy) is 1. The van der Waals surface area contributed by atoms with Crippen LogP contribution in [0, 0.1) is 25.5 Å². The van der Waals surface area contributed by atoms with E-state index in [9.17, 15) is 13.6 Å². The van der Waals surface area contributed by atoms with Gasteiger partial charge in [-0.2, -0.15) is 5.10 Å². The Hall–Kier alpha value is -3.52. The first-order valence-electron chi connectivity index (χ1n) is 10.8. The van der Waals surface area contributed by atoms with E-state index in [2.05, 4.69) is 10.1 Å². The molecule has 0 fully saturated rings. The molecule has 0 radical (unpaired) electrons. The lowest BCUT2D eigenvalue weighted by Gasteiger charge is -2.18. The van der Waals surface area contributed by atoms with Crippen LogP contribution in [0.5, 0.6) is 5.75 Å². The van der Waals surface area contributed by atoms with E-state index in [0.29, 0.717) is 35.9 Å². The zero-order chi connectivity index (χ0) is 24.0. The highest BCUT2D eigenvalue weighted by molar-refractivity contribution is 6.31. The predicted molar refractivity (Wildman–Crippen MR) is 123 cm³/mol. The van der Waals surface area contributed by atoms with Crippen LogP contribution in [0.15, 0.2) is 42.5 Å². The Bertz CT molecular complexity index is 1420. The average molecular weight is 483 g/mol. The number of benzene rings is 2. The van der Waals surface area contributed by atoms with Gasteiger partial charge in [-0.05, 0) is 43.7 Å². The van der Waals surface area contributed by atoms with Crippen molar-refractivity contribution in [1.82, 2.24) is 19.5 Å². The zero-order valence-corrected chi connectivity index (χ0v) is 19.4. The van der Waals surface area contributed by atoms with Crippen molar-refractivity contribution in [3.8, 4) is 5.75 Å². The second kappa shape index (κ2) is 8.68. The molecule has 2 aromatic carbocycles. The number of fused-ring (bicyclic) bond motifs is 3. The number of carbonyl (C=O) groups is 1. The molecule has 174 valence electrons. The van der Waals surface area contributed by atoms with Crippen LogP contribution in [0.1, 0.15) is 38.6 Å². The van der Waals surface area contributed by atoms with E-state index in [4.69, 9.17) is 16.3 Å². The molecule has 3 heterocycles. The topological polar surface area (TPSA) is 59.7 Å². The summed E-state index contributed by atoms with van der Waals surface area (Å²) in [6.45, 7) is 4.56. The summed E-state index contributed by atoms with van der Waals surface area (Å²) in [5, 5.41) is 5.17. The molecule has 0 spiro atoms. The van der Waals surface area contributed by atoms with Crippen molar-refractivity contribution in [1.29, 1.82) is 0 Å². The lowest BCUT2D eigenvalue weighted by atomic mass is 10.1. The summed E-state index contributed by atoms with van der Waals surface area (Å²) in [7, 11) is 0. The number of halogens is 3. The molecule has 9 heteroatoms. The second-order valence-electron chi connectivity index (χ2n) is 8.28. The first-order chi connectivity index (χ1) is 16.3. The van der Waals surface area contributed by atoms with Crippen molar-refractivity contribution in [2.75, 3.05) is 6.61 Å². The number of amides is 1. The molecular formula is C25H21ClF2N4O2. The summed E-state index contributed by atoms with van der Waals surface area (Å²) < 4.78 is 34.5. The van der Waals surface area contributed by atoms with Gasteiger partial charge < -0.3 is 9.64 Å². The van der Waals surface area contributed by atoms with Crippen molar-refractivity contribution in [2.45, 2.75) is 33.4 Å². The second-order valence-corrected chi connectivity index (χ2v) is 8.66. The van der Waals surface area contributed by atoms with Gasteiger partial charge in [-0.3, -0.25) is 4.79 Å². The quantitative estimate of drug-likeness (QED) is 0.399. The smallest absolute Gasteiger partial charge is 0.258 e. The number of carbonyl (C=O) groups excluding carboxylic acids is 1. The van der Waals surface area contributed by atoms with Crippen LogP contribution in [0.25, 0.3) is 5.65 Å². The number of nitrogens with zero attached hydrogens (tertiary/aromatic N) is 4. The monoisotopic (exact) mass is 482 g/mol. The minimum atomic E-state index is -0.497. The fraction of sp³-hybridized carbons (Fsp3) is 0.240. The van der Waals surface area contributed by atoms with Gasteiger partial charge in [-0.1, -0.05) is 23.7 Å². The third-order valence-electron chi connectivity index (χ3n) is 5.98. The SMILES string of the molecule is Cc1nc2c3c(nn2c(C)c1Cl)CN(C(=O)c1ccc(F)cc1OCCc1ccc(F)cc1)C3. The molecule has 0 N–H and O–H groups in total. The van der Waals surface area contributed by atoms with Crippen LogP contribution in [0.2, 0.25) is 5.02 Å². The number of aryl methyl sites for hydroxylation is 2. The molecule has 1 amide bonds. The van der Waals surface area contributed by atoms with Crippen molar-refractivity contribution < 1.29 is 18.3 Å². The highest BCUT2D eigenvalue weighted by atomic mass is 35.5. The standard InChI is InChI=1S/C25H21ClF2N4O2/c1-14-23(26)15(2)32-24(29-14)20-12-31(13-21(20)30-32)25(33)19-8-7-18(28)11-22(19)34-10-9-16-3-5-17(27)6-4-16/h3-8,11H,9-10,12-13H2,1-2H3. The van der Waals surface area contributed by atoms with Crippen molar-refractivity contribution in [3.63, 3.8) is 0 Å². The summed E-state index contributed by atoms with van der Waals surface area (Å²) in [4.78, 5) is 19.6.